The number of benzene rings is 1. The van der Waals surface area contributed by atoms with Gasteiger partial charge in [0.15, 0.2) is 11.0 Å². The number of rotatable bonds is 5. The highest BCUT2D eigenvalue weighted by molar-refractivity contribution is 7.80. The molecular weight excluding hydrogens is 386 g/mol. The Hall–Kier alpha value is -2.64. The number of nitrogens with one attached hydrogen (secondary N) is 1. The zero-order chi connectivity index (χ0) is 19.6. The van der Waals surface area contributed by atoms with Gasteiger partial charge in [-0.2, -0.15) is 0 Å². The molecule has 0 saturated carbocycles. The Morgan fingerprint density at radius 3 is 2.44 bits per heavy atom. The maximum Gasteiger partial charge on any atom is 0.270 e. The predicted octanol–water partition coefficient (Wildman–Crippen LogP) is 3.61. The Labute approximate surface area is 167 Å². The molecule has 0 spiro atoms. The van der Waals surface area contributed by atoms with E-state index in [-0.39, 0.29) is 10.7 Å². The molecular formula is C19H18ClN3O3S. The van der Waals surface area contributed by atoms with Gasteiger partial charge in [0, 0.05) is 24.2 Å². The SMILES string of the molecule is CCN(CC)c1ccc(/C=C2\C(=O)NC(=S)N(c3ccc(Cl)cc3)C2=O)o1. The van der Waals surface area contributed by atoms with Crippen molar-refractivity contribution in [1.82, 2.24) is 5.32 Å². The van der Waals surface area contributed by atoms with Crippen LogP contribution < -0.4 is 15.1 Å². The molecule has 0 aliphatic carbocycles. The molecule has 0 unspecified atom stereocenters. The zero-order valence-electron chi connectivity index (χ0n) is 14.9. The molecule has 1 saturated heterocycles. The minimum Gasteiger partial charge on any atom is -0.441 e. The number of carbonyl (C=O) groups excluding carboxylic acids is 2. The minimum atomic E-state index is -0.559. The van der Waals surface area contributed by atoms with Gasteiger partial charge < -0.3 is 9.32 Å². The van der Waals surface area contributed by atoms with Crippen molar-refractivity contribution < 1.29 is 14.0 Å². The highest BCUT2D eigenvalue weighted by atomic mass is 35.5. The molecule has 6 nitrogen and oxygen atoms in total. The molecule has 8 heteroatoms. The van der Waals surface area contributed by atoms with E-state index in [1.165, 1.54) is 11.0 Å². The molecule has 0 atom stereocenters. The summed E-state index contributed by atoms with van der Waals surface area (Å²) in [6.45, 7) is 5.62. The summed E-state index contributed by atoms with van der Waals surface area (Å²) in [5.74, 6) is 0.0164. The van der Waals surface area contributed by atoms with E-state index < -0.39 is 11.8 Å². The molecule has 1 aromatic carbocycles. The molecule has 1 N–H and O–H groups in total. The lowest BCUT2D eigenvalue weighted by molar-refractivity contribution is -0.122. The van der Waals surface area contributed by atoms with Crippen molar-refractivity contribution in [2.75, 3.05) is 22.9 Å². The van der Waals surface area contributed by atoms with Crippen LogP contribution in [-0.4, -0.2) is 30.0 Å². The highest BCUT2D eigenvalue weighted by Gasteiger charge is 2.34. The third-order valence-electron chi connectivity index (χ3n) is 4.16. The fraction of sp³-hybridized carbons (Fsp3) is 0.211. The summed E-state index contributed by atoms with van der Waals surface area (Å²) in [5, 5.41) is 3.10. The van der Waals surface area contributed by atoms with E-state index in [0.717, 1.165) is 13.1 Å². The molecule has 1 aromatic heterocycles. The van der Waals surface area contributed by atoms with Gasteiger partial charge in [0.1, 0.15) is 11.3 Å². The largest absolute Gasteiger partial charge is 0.441 e. The van der Waals surface area contributed by atoms with Gasteiger partial charge in [0.2, 0.25) is 0 Å². The van der Waals surface area contributed by atoms with Gasteiger partial charge in [-0.3, -0.25) is 19.8 Å². The van der Waals surface area contributed by atoms with E-state index in [2.05, 4.69) is 5.32 Å². The highest BCUT2D eigenvalue weighted by Crippen LogP contribution is 2.25. The monoisotopic (exact) mass is 403 g/mol. The molecule has 0 bridgehead atoms. The van der Waals surface area contributed by atoms with E-state index in [4.69, 9.17) is 28.2 Å². The van der Waals surface area contributed by atoms with Crippen molar-refractivity contribution in [1.29, 1.82) is 0 Å². The molecule has 2 heterocycles. The molecule has 2 aromatic rings. The maximum atomic E-state index is 12.9. The standard InChI is InChI=1S/C19H18ClN3O3S/c1-3-22(4-2)16-10-9-14(26-16)11-15-17(24)21-19(27)23(18(15)25)13-7-5-12(20)6-8-13/h5-11H,3-4H2,1-2H3,(H,21,24,27)/b15-11+. The van der Waals surface area contributed by atoms with Crippen molar-refractivity contribution in [2.24, 2.45) is 0 Å². The Balaban J connectivity index is 1.93. The van der Waals surface area contributed by atoms with Gasteiger partial charge in [0.25, 0.3) is 11.8 Å². The van der Waals surface area contributed by atoms with Crippen LogP contribution in [0.15, 0.2) is 46.4 Å². The number of nitrogens with zero attached hydrogens (tertiary/aromatic N) is 2. The maximum absolute atomic E-state index is 12.9. The number of amides is 2. The Morgan fingerprint density at radius 2 is 1.81 bits per heavy atom. The first-order valence-corrected chi connectivity index (χ1v) is 9.25. The molecule has 1 aliphatic rings. The molecule has 0 radical (unpaired) electrons. The molecule has 1 fully saturated rings. The van der Waals surface area contributed by atoms with Crippen molar-refractivity contribution in [2.45, 2.75) is 13.8 Å². The second-order valence-corrected chi connectivity index (χ2v) is 6.61. The van der Waals surface area contributed by atoms with E-state index in [9.17, 15) is 9.59 Å². The van der Waals surface area contributed by atoms with Crippen LogP contribution in [0.1, 0.15) is 19.6 Å². The van der Waals surface area contributed by atoms with Crippen LogP contribution >= 0.6 is 23.8 Å². The number of carbonyl (C=O) groups is 2. The number of furan rings is 1. The van der Waals surface area contributed by atoms with Crippen molar-refractivity contribution in [3.05, 3.63) is 52.8 Å². The molecule has 3 rings (SSSR count). The fourth-order valence-electron chi connectivity index (χ4n) is 2.75. The summed E-state index contributed by atoms with van der Waals surface area (Å²) < 4.78 is 5.76. The van der Waals surface area contributed by atoms with Gasteiger partial charge in [-0.1, -0.05) is 11.6 Å². The number of hydrogen-bond acceptors (Lipinski definition) is 5. The van der Waals surface area contributed by atoms with Crippen LogP contribution in [0, 0.1) is 0 Å². The van der Waals surface area contributed by atoms with Crippen molar-refractivity contribution in [3.8, 4) is 0 Å². The van der Waals surface area contributed by atoms with Crippen molar-refractivity contribution >= 4 is 58.4 Å². The van der Waals surface area contributed by atoms with Gasteiger partial charge in [-0.15, -0.1) is 0 Å². The second kappa shape index (κ2) is 7.94. The lowest BCUT2D eigenvalue weighted by Gasteiger charge is -2.28. The normalized spacial score (nSPS) is 16.0. The molecule has 140 valence electrons. The summed E-state index contributed by atoms with van der Waals surface area (Å²) in [7, 11) is 0. The van der Waals surface area contributed by atoms with Gasteiger partial charge in [-0.05, 0) is 62.5 Å². The molecule has 27 heavy (non-hydrogen) atoms. The number of halogens is 1. The van der Waals surface area contributed by atoms with Crippen LogP contribution in [0.25, 0.3) is 6.08 Å². The van der Waals surface area contributed by atoms with Crippen molar-refractivity contribution in [3.63, 3.8) is 0 Å². The topological polar surface area (TPSA) is 65.8 Å². The van der Waals surface area contributed by atoms with Crippen LogP contribution in [0.5, 0.6) is 0 Å². The van der Waals surface area contributed by atoms with Gasteiger partial charge in [0.05, 0.1) is 5.69 Å². The summed E-state index contributed by atoms with van der Waals surface area (Å²) in [5.41, 5.74) is 0.461. The summed E-state index contributed by atoms with van der Waals surface area (Å²) in [6.07, 6.45) is 1.43. The number of thiocarbonyl (C=S) groups is 1. The summed E-state index contributed by atoms with van der Waals surface area (Å²) >= 11 is 11.1. The van der Waals surface area contributed by atoms with E-state index in [1.54, 1.807) is 30.3 Å². The Kier molecular flexibility index (Phi) is 5.62. The van der Waals surface area contributed by atoms with E-state index >= 15 is 0 Å². The minimum absolute atomic E-state index is 0.0211. The summed E-state index contributed by atoms with van der Waals surface area (Å²) in [6, 6.07) is 10.2. The smallest absolute Gasteiger partial charge is 0.270 e. The average molecular weight is 404 g/mol. The fourth-order valence-corrected chi connectivity index (χ4v) is 3.16. The third-order valence-corrected chi connectivity index (χ3v) is 4.70. The number of anilines is 2. The first kappa shape index (κ1) is 19.1. The third kappa shape index (κ3) is 3.89. The van der Waals surface area contributed by atoms with E-state index in [0.29, 0.717) is 22.4 Å². The van der Waals surface area contributed by atoms with Crippen LogP contribution in [0.2, 0.25) is 5.02 Å². The van der Waals surface area contributed by atoms with Crippen LogP contribution in [0.3, 0.4) is 0 Å². The molecule has 1 aliphatic heterocycles. The second-order valence-electron chi connectivity index (χ2n) is 5.78. The van der Waals surface area contributed by atoms with E-state index in [1.807, 2.05) is 24.8 Å². The Morgan fingerprint density at radius 1 is 1.15 bits per heavy atom. The average Bonchev–Trinajstić information content (AvgIpc) is 3.10. The number of hydrogen-bond donors (Lipinski definition) is 1. The first-order chi connectivity index (χ1) is 12.9. The van der Waals surface area contributed by atoms with Crippen LogP contribution in [0.4, 0.5) is 11.6 Å². The zero-order valence-corrected chi connectivity index (χ0v) is 16.4. The first-order valence-electron chi connectivity index (χ1n) is 8.46. The predicted molar refractivity (Wildman–Crippen MR) is 110 cm³/mol. The molecule has 2 amide bonds. The summed E-state index contributed by atoms with van der Waals surface area (Å²) in [4.78, 5) is 28.5. The quantitative estimate of drug-likeness (QED) is 0.469. The Bertz CT molecular complexity index is 917. The lowest BCUT2D eigenvalue weighted by Crippen LogP contribution is -2.54. The lowest BCUT2D eigenvalue weighted by atomic mass is 10.1. The van der Waals surface area contributed by atoms with Gasteiger partial charge >= 0.3 is 0 Å². The van der Waals surface area contributed by atoms with Crippen LogP contribution in [-0.2, 0) is 9.59 Å². The van der Waals surface area contributed by atoms with Gasteiger partial charge in [-0.25, -0.2) is 0 Å².